The van der Waals surface area contributed by atoms with Gasteiger partial charge in [0.25, 0.3) is 0 Å². The number of halogens is 2. The molecule has 1 aliphatic heterocycles. The first-order valence-corrected chi connectivity index (χ1v) is 7.47. The lowest BCUT2D eigenvalue weighted by molar-refractivity contribution is 0.298. The topological polar surface area (TPSA) is 30.5 Å². The molecule has 0 fully saturated rings. The quantitative estimate of drug-likeness (QED) is 0.908. The smallest absolute Gasteiger partial charge is 0.137 e. The van der Waals surface area contributed by atoms with Crippen LogP contribution in [-0.4, -0.2) is 13.7 Å². The van der Waals surface area contributed by atoms with Gasteiger partial charge in [0.15, 0.2) is 0 Å². The Bertz CT molecular complexity index is 663. The predicted molar refractivity (Wildman–Crippen MR) is 82.2 cm³/mol. The molecule has 0 saturated heterocycles. The molecule has 3 rings (SSSR count). The minimum Gasteiger partial charge on any atom is -0.491 e. The summed E-state index contributed by atoms with van der Waals surface area (Å²) in [6.07, 6.45) is 0. The largest absolute Gasteiger partial charge is 0.491 e. The summed E-state index contributed by atoms with van der Waals surface area (Å²) >= 11 is 3.17. The number of nitrogens with one attached hydrogen (secondary N) is 1. The van der Waals surface area contributed by atoms with E-state index in [1.165, 1.54) is 6.07 Å². The summed E-state index contributed by atoms with van der Waals surface area (Å²) in [6.45, 7) is 1.02. The predicted octanol–water partition coefficient (Wildman–Crippen LogP) is 3.82. The number of hydrogen-bond acceptors (Lipinski definition) is 3. The van der Waals surface area contributed by atoms with E-state index in [9.17, 15) is 4.39 Å². The summed E-state index contributed by atoms with van der Waals surface area (Å²) in [5, 5.41) is 3.20. The van der Waals surface area contributed by atoms with Gasteiger partial charge in [-0.25, -0.2) is 4.39 Å². The average molecular weight is 352 g/mol. The van der Waals surface area contributed by atoms with E-state index in [1.54, 1.807) is 12.1 Å². The van der Waals surface area contributed by atoms with Gasteiger partial charge in [-0.2, -0.15) is 0 Å². The second-order valence-electron chi connectivity index (χ2n) is 4.89. The second kappa shape index (κ2) is 6.03. The molecule has 0 bridgehead atoms. The summed E-state index contributed by atoms with van der Waals surface area (Å²) < 4.78 is 25.0. The van der Waals surface area contributed by atoms with Crippen molar-refractivity contribution in [3.63, 3.8) is 0 Å². The van der Waals surface area contributed by atoms with Crippen molar-refractivity contribution < 1.29 is 13.9 Å². The van der Waals surface area contributed by atoms with Gasteiger partial charge in [-0.05, 0) is 52.8 Å². The first kappa shape index (κ1) is 14.4. The molecule has 0 spiro atoms. The number of hydrogen-bond donors (Lipinski definition) is 1. The van der Waals surface area contributed by atoms with Crippen molar-refractivity contribution in [2.45, 2.75) is 12.6 Å². The van der Waals surface area contributed by atoms with Gasteiger partial charge >= 0.3 is 0 Å². The summed E-state index contributed by atoms with van der Waals surface area (Å²) in [5.74, 6) is 1.32. The molecule has 1 atom stereocenters. The van der Waals surface area contributed by atoms with Crippen molar-refractivity contribution in [2.24, 2.45) is 0 Å². The molecule has 1 heterocycles. The van der Waals surface area contributed by atoms with Crippen LogP contribution in [0.25, 0.3) is 0 Å². The van der Waals surface area contributed by atoms with Crippen LogP contribution < -0.4 is 14.8 Å². The third-order valence-electron chi connectivity index (χ3n) is 3.50. The lowest BCUT2D eigenvalue weighted by atomic mass is 10.1. The van der Waals surface area contributed by atoms with E-state index in [2.05, 4.69) is 21.2 Å². The summed E-state index contributed by atoms with van der Waals surface area (Å²) in [6, 6.07) is 10.9. The normalized spacial score (nSPS) is 16.4. The molecular weight excluding hydrogens is 337 g/mol. The van der Waals surface area contributed by atoms with E-state index in [0.717, 1.165) is 22.6 Å². The van der Waals surface area contributed by atoms with Crippen LogP contribution in [0.5, 0.6) is 11.5 Å². The summed E-state index contributed by atoms with van der Waals surface area (Å²) in [7, 11) is 1.92. The zero-order chi connectivity index (χ0) is 14.8. The summed E-state index contributed by atoms with van der Waals surface area (Å²) in [5.41, 5.74) is 2.05. The minimum absolute atomic E-state index is 0.238. The highest BCUT2D eigenvalue weighted by atomic mass is 79.9. The number of benzene rings is 2. The van der Waals surface area contributed by atoms with Crippen LogP contribution in [-0.2, 0) is 6.61 Å². The molecule has 2 aromatic rings. The van der Waals surface area contributed by atoms with Crippen LogP contribution in [0.1, 0.15) is 17.2 Å². The van der Waals surface area contributed by atoms with Crippen LogP contribution in [0.2, 0.25) is 0 Å². The lowest BCUT2D eigenvalue weighted by Gasteiger charge is -2.09. The highest BCUT2D eigenvalue weighted by Crippen LogP contribution is 2.35. The van der Waals surface area contributed by atoms with Crippen molar-refractivity contribution in [1.82, 2.24) is 5.32 Å². The molecule has 0 aliphatic carbocycles. The Labute approximate surface area is 131 Å². The maximum atomic E-state index is 13.2. The van der Waals surface area contributed by atoms with E-state index in [4.69, 9.17) is 9.47 Å². The highest BCUT2D eigenvalue weighted by Gasteiger charge is 2.22. The van der Waals surface area contributed by atoms with Crippen molar-refractivity contribution >= 4 is 15.9 Å². The average Bonchev–Trinajstić information content (AvgIpc) is 2.90. The molecule has 2 aromatic carbocycles. The van der Waals surface area contributed by atoms with Gasteiger partial charge < -0.3 is 14.8 Å². The Morgan fingerprint density at radius 3 is 2.95 bits per heavy atom. The van der Waals surface area contributed by atoms with E-state index in [1.807, 2.05) is 25.2 Å². The molecule has 0 aromatic heterocycles. The Kier molecular flexibility index (Phi) is 4.12. The van der Waals surface area contributed by atoms with E-state index in [0.29, 0.717) is 17.7 Å². The Morgan fingerprint density at radius 1 is 1.33 bits per heavy atom. The van der Waals surface area contributed by atoms with Crippen molar-refractivity contribution in [3.8, 4) is 11.5 Å². The molecule has 110 valence electrons. The van der Waals surface area contributed by atoms with Gasteiger partial charge in [0.05, 0.1) is 10.5 Å². The van der Waals surface area contributed by atoms with Gasteiger partial charge in [0, 0.05) is 11.6 Å². The molecule has 0 saturated carbocycles. The zero-order valence-corrected chi connectivity index (χ0v) is 13.1. The van der Waals surface area contributed by atoms with Crippen molar-refractivity contribution in [1.29, 1.82) is 0 Å². The molecular formula is C16H15BrFNO2. The van der Waals surface area contributed by atoms with E-state index in [-0.39, 0.29) is 11.9 Å². The number of rotatable bonds is 4. The fourth-order valence-corrected chi connectivity index (χ4v) is 2.74. The van der Waals surface area contributed by atoms with Crippen LogP contribution in [0.15, 0.2) is 40.9 Å². The maximum Gasteiger partial charge on any atom is 0.137 e. The van der Waals surface area contributed by atoms with Gasteiger partial charge in [-0.15, -0.1) is 0 Å². The van der Waals surface area contributed by atoms with Gasteiger partial charge in [-0.1, -0.05) is 6.07 Å². The third-order valence-corrected chi connectivity index (χ3v) is 4.11. The SMILES string of the molecule is CNC1COc2cc(OCc3ccc(F)c(Br)c3)ccc21. The molecule has 1 aliphatic rings. The first-order valence-electron chi connectivity index (χ1n) is 6.68. The fourth-order valence-electron chi connectivity index (χ4n) is 2.32. The van der Waals surface area contributed by atoms with Crippen LogP contribution in [0, 0.1) is 5.82 Å². The van der Waals surface area contributed by atoms with Gasteiger partial charge in [-0.3, -0.25) is 0 Å². The molecule has 21 heavy (non-hydrogen) atoms. The third kappa shape index (κ3) is 3.04. The fraction of sp³-hybridized carbons (Fsp3) is 0.250. The zero-order valence-electron chi connectivity index (χ0n) is 11.5. The Hall–Kier alpha value is -1.59. The molecule has 0 radical (unpaired) electrons. The lowest BCUT2D eigenvalue weighted by Crippen LogP contribution is -2.17. The van der Waals surface area contributed by atoms with Crippen molar-refractivity contribution in [2.75, 3.05) is 13.7 Å². The highest BCUT2D eigenvalue weighted by molar-refractivity contribution is 9.10. The Morgan fingerprint density at radius 2 is 2.19 bits per heavy atom. The number of fused-ring (bicyclic) bond motifs is 1. The Balaban J connectivity index is 1.70. The second-order valence-corrected chi connectivity index (χ2v) is 5.74. The van der Waals surface area contributed by atoms with E-state index < -0.39 is 0 Å². The van der Waals surface area contributed by atoms with Gasteiger partial charge in [0.2, 0.25) is 0 Å². The number of likely N-dealkylation sites (N-methyl/N-ethyl adjacent to an activating group) is 1. The van der Waals surface area contributed by atoms with Crippen LogP contribution in [0.4, 0.5) is 4.39 Å². The first-order chi connectivity index (χ1) is 10.2. The molecule has 1 unspecified atom stereocenters. The van der Waals surface area contributed by atoms with Crippen molar-refractivity contribution in [3.05, 3.63) is 57.8 Å². The molecule has 5 heteroatoms. The monoisotopic (exact) mass is 351 g/mol. The van der Waals surface area contributed by atoms with Crippen LogP contribution in [0.3, 0.4) is 0 Å². The minimum atomic E-state index is -0.275. The van der Waals surface area contributed by atoms with Crippen LogP contribution >= 0.6 is 15.9 Å². The molecule has 0 amide bonds. The standard InChI is InChI=1S/C16H15BrFNO2/c1-19-15-9-21-16-7-11(3-4-12(15)16)20-8-10-2-5-14(18)13(17)6-10/h2-7,15,19H,8-9H2,1H3. The molecule has 3 nitrogen and oxygen atoms in total. The van der Waals surface area contributed by atoms with Gasteiger partial charge in [0.1, 0.15) is 30.5 Å². The molecule has 1 N–H and O–H groups in total. The maximum absolute atomic E-state index is 13.2. The number of ether oxygens (including phenoxy) is 2. The van der Waals surface area contributed by atoms with E-state index >= 15 is 0 Å². The summed E-state index contributed by atoms with van der Waals surface area (Å²) in [4.78, 5) is 0.